The van der Waals surface area contributed by atoms with Crippen molar-refractivity contribution in [1.29, 1.82) is 0 Å². The number of aromatic nitrogens is 2. The zero-order chi connectivity index (χ0) is 10.1. The molecule has 2 aliphatic rings. The third-order valence-corrected chi connectivity index (χ3v) is 4.09. The number of imidazole rings is 1. The van der Waals surface area contributed by atoms with Crippen molar-refractivity contribution >= 4 is 0 Å². The van der Waals surface area contributed by atoms with E-state index in [0.29, 0.717) is 0 Å². The Hall–Kier alpha value is -0.830. The van der Waals surface area contributed by atoms with Gasteiger partial charge in [0, 0.05) is 30.9 Å². The highest BCUT2D eigenvalue weighted by Crippen LogP contribution is 2.44. The van der Waals surface area contributed by atoms with Gasteiger partial charge in [0.25, 0.3) is 0 Å². The van der Waals surface area contributed by atoms with Gasteiger partial charge in [-0.05, 0) is 31.1 Å². The molecule has 1 aromatic rings. The van der Waals surface area contributed by atoms with Crippen LogP contribution in [0.4, 0.5) is 0 Å². The maximum Gasteiger partial charge on any atom is 0.0921 e. The van der Waals surface area contributed by atoms with Crippen LogP contribution in [0.2, 0.25) is 0 Å². The third-order valence-electron chi connectivity index (χ3n) is 4.09. The maximum absolute atomic E-state index is 4.03. The van der Waals surface area contributed by atoms with Gasteiger partial charge in [-0.2, -0.15) is 0 Å². The molecule has 0 spiro atoms. The van der Waals surface area contributed by atoms with E-state index in [9.17, 15) is 0 Å². The standard InChI is InChI=1S/C12H19N3/c1-2-10-5-9(1)6-12(10)14-4-3-11-7-13-8-15-11/h7-10,12,14H,1-6H2,(H,13,15). The maximum atomic E-state index is 4.03. The molecule has 3 nitrogen and oxygen atoms in total. The molecule has 3 heteroatoms. The van der Waals surface area contributed by atoms with E-state index in [2.05, 4.69) is 15.3 Å². The molecule has 0 amide bonds. The van der Waals surface area contributed by atoms with Crippen molar-refractivity contribution in [2.24, 2.45) is 11.8 Å². The zero-order valence-corrected chi connectivity index (χ0v) is 9.08. The second-order valence-corrected chi connectivity index (χ2v) is 5.06. The lowest BCUT2D eigenvalue weighted by Crippen LogP contribution is -2.35. The molecule has 1 aromatic heterocycles. The van der Waals surface area contributed by atoms with Crippen LogP contribution in [0.5, 0.6) is 0 Å². The summed E-state index contributed by atoms with van der Waals surface area (Å²) in [6.07, 6.45) is 10.6. The van der Waals surface area contributed by atoms with Gasteiger partial charge in [0.1, 0.15) is 0 Å². The fourth-order valence-corrected chi connectivity index (χ4v) is 3.31. The van der Waals surface area contributed by atoms with Crippen LogP contribution in [0.15, 0.2) is 12.5 Å². The first-order valence-electron chi connectivity index (χ1n) is 6.12. The van der Waals surface area contributed by atoms with Gasteiger partial charge in [0.15, 0.2) is 0 Å². The van der Waals surface area contributed by atoms with Crippen molar-refractivity contribution in [3.63, 3.8) is 0 Å². The van der Waals surface area contributed by atoms with Crippen molar-refractivity contribution < 1.29 is 0 Å². The van der Waals surface area contributed by atoms with Crippen LogP contribution in [0.3, 0.4) is 0 Å². The van der Waals surface area contributed by atoms with Crippen LogP contribution in [-0.2, 0) is 6.42 Å². The van der Waals surface area contributed by atoms with E-state index in [4.69, 9.17) is 0 Å². The summed E-state index contributed by atoms with van der Waals surface area (Å²) in [4.78, 5) is 7.17. The van der Waals surface area contributed by atoms with Gasteiger partial charge in [-0.1, -0.05) is 6.42 Å². The first kappa shape index (κ1) is 9.40. The molecule has 2 aliphatic carbocycles. The van der Waals surface area contributed by atoms with E-state index < -0.39 is 0 Å². The summed E-state index contributed by atoms with van der Waals surface area (Å²) in [7, 11) is 0. The zero-order valence-electron chi connectivity index (χ0n) is 9.08. The van der Waals surface area contributed by atoms with Gasteiger partial charge >= 0.3 is 0 Å². The van der Waals surface area contributed by atoms with Gasteiger partial charge in [-0.3, -0.25) is 0 Å². The van der Waals surface area contributed by atoms with Crippen LogP contribution < -0.4 is 5.32 Å². The summed E-state index contributed by atoms with van der Waals surface area (Å²) in [6.45, 7) is 1.09. The lowest BCUT2D eigenvalue weighted by molar-refractivity contribution is 0.354. The smallest absolute Gasteiger partial charge is 0.0921 e. The number of hydrogen-bond acceptors (Lipinski definition) is 2. The van der Waals surface area contributed by atoms with E-state index in [1.807, 2.05) is 6.20 Å². The minimum absolute atomic E-state index is 0.812. The van der Waals surface area contributed by atoms with E-state index in [-0.39, 0.29) is 0 Å². The van der Waals surface area contributed by atoms with Crippen LogP contribution in [0.25, 0.3) is 0 Å². The molecular formula is C12H19N3. The predicted molar refractivity (Wildman–Crippen MR) is 59.5 cm³/mol. The molecule has 3 unspecified atom stereocenters. The van der Waals surface area contributed by atoms with Gasteiger partial charge in [-0.25, -0.2) is 4.98 Å². The highest BCUT2D eigenvalue weighted by molar-refractivity contribution is 4.97. The second kappa shape index (κ2) is 3.97. The first-order valence-corrected chi connectivity index (χ1v) is 6.12. The van der Waals surface area contributed by atoms with Crippen molar-refractivity contribution in [3.8, 4) is 0 Å². The Kier molecular flexibility index (Phi) is 2.49. The van der Waals surface area contributed by atoms with Crippen LogP contribution in [0, 0.1) is 11.8 Å². The number of fused-ring (bicyclic) bond motifs is 2. The number of rotatable bonds is 4. The lowest BCUT2D eigenvalue weighted by Gasteiger charge is -2.22. The van der Waals surface area contributed by atoms with Crippen LogP contribution in [-0.4, -0.2) is 22.6 Å². The first-order chi connectivity index (χ1) is 7.42. The van der Waals surface area contributed by atoms with Crippen LogP contribution in [0.1, 0.15) is 31.4 Å². The SMILES string of the molecule is c1ncc(CCNC2CC3CCC2C3)[nH]1. The molecular weight excluding hydrogens is 186 g/mol. The Balaban J connectivity index is 1.43. The summed E-state index contributed by atoms with van der Waals surface area (Å²) in [5, 5.41) is 3.70. The molecule has 2 saturated carbocycles. The highest BCUT2D eigenvalue weighted by Gasteiger charge is 2.38. The molecule has 0 saturated heterocycles. The minimum atomic E-state index is 0.812. The number of H-pyrrole nitrogens is 1. The Morgan fingerprint density at radius 2 is 2.40 bits per heavy atom. The number of nitrogens with zero attached hydrogens (tertiary/aromatic N) is 1. The fourth-order valence-electron chi connectivity index (χ4n) is 3.31. The van der Waals surface area contributed by atoms with Gasteiger partial charge in [0.2, 0.25) is 0 Å². The molecule has 2 N–H and O–H groups in total. The quantitative estimate of drug-likeness (QED) is 0.786. The lowest BCUT2D eigenvalue weighted by atomic mass is 9.95. The van der Waals surface area contributed by atoms with Gasteiger partial charge < -0.3 is 10.3 Å². The Bertz CT molecular complexity index is 307. The summed E-state index contributed by atoms with van der Waals surface area (Å²) in [6, 6.07) is 0.812. The van der Waals surface area contributed by atoms with Crippen LogP contribution >= 0.6 is 0 Å². The summed E-state index contributed by atoms with van der Waals surface area (Å²) >= 11 is 0. The van der Waals surface area contributed by atoms with E-state index in [0.717, 1.165) is 30.8 Å². The molecule has 0 aliphatic heterocycles. The fraction of sp³-hybridized carbons (Fsp3) is 0.750. The minimum Gasteiger partial charge on any atom is -0.348 e. The summed E-state index contributed by atoms with van der Waals surface area (Å²) in [5.74, 6) is 2.02. The Labute approximate surface area is 90.7 Å². The van der Waals surface area contributed by atoms with Crippen molar-refractivity contribution in [2.75, 3.05) is 6.54 Å². The molecule has 1 heterocycles. The van der Waals surface area contributed by atoms with Gasteiger partial charge in [-0.15, -0.1) is 0 Å². The van der Waals surface area contributed by atoms with E-state index in [1.165, 1.54) is 31.4 Å². The molecule has 2 bridgehead atoms. The predicted octanol–water partition coefficient (Wildman–Crippen LogP) is 1.73. The molecule has 0 radical (unpaired) electrons. The Morgan fingerprint density at radius 1 is 1.40 bits per heavy atom. The summed E-state index contributed by atoms with van der Waals surface area (Å²) in [5.41, 5.74) is 1.24. The third kappa shape index (κ3) is 1.93. The van der Waals surface area contributed by atoms with E-state index >= 15 is 0 Å². The highest BCUT2D eigenvalue weighted by atomic mass is 14.9. The van der Waals surface area contributed by atoms with Crippen molar-refractivity contribution in [1.82, 2.24) is 15.3 Å². The summed E-state index contributed by atoms with van der Waals surface area (Å²) < 4.78 is 0. The molecule has 3 atom stereocenters. The molecule has 2 fully saturated rings. The molecule has 82 valence electrons. The number of aromatic amines is 1. The van der Waals surface area contributed by atoms with Crippen molar-refractivity contribution in [2.45, 2.75) is 38.1 Å². The topological polar surface area (TPSA) is 40.7 Å². The molecule has 15 heavy (non-hydrogen) atoms. The molecule has 3 rings (SSSR count). The second-order valence-electron chi connectivity index (χ2n) is 5.06. The largest absolute Gasteiger partial charge is 0.348 e. The number of hydrogen-bond donors (Lipinski definition) is 2. The average molecular weight is 205 g/mol. The van der Waals surface area contributed by atoms with Gasteiger partial charge in [0.05, 0.1) is 6.33 Å². The monoisotopic (exact) mass is 205 g/mol. The average Bonchev–Trinajstić information content (AvgIpc) is 2.93. The number of nitrogens with one attached hydrogen (secondary N) is 2. The normalized spacial score (nSPS) is 33.7. The Morgan fingerprint density at radius 3 is 3.07 bits per heavy atom. The van der Waals surface area contributed by atoms with E-state index in [1.54, 1.807) is 6.33 Å². The van der Waals surface area contributed by atoms with Crippen molar-refractivity contribution in [3.05, 3.63) is 18.2 Å². The molecule has 0 aromatic carbocycles.